The van der Waals surface area contributed by atoms with Gasteiger partial charge < -0.3 is 14.5 Å². The van der Waals surface area contributed by atoms with E-state index in [1.807, 2.05) is 0 Å². The zero-order valence-electron chi connectivity index (χ0n) is 14.4. The predicted octanol–water partition coefficient (Wildman–Crippen LogP) is 2.19. The van der Waals surface area contributed by atoms with Crippen molar-refractivity contribution in [2.24, 2.45) is 11.8 Å². The van der Waals surface area contributed by atoms with E-state index in [0.717, 1.165) is 45.8 Å². The van der Waals surface area contributed by atoms with Gasteiger partial charge >= 0.3 is 0 Å². The van der Waals surface area contributed by atoms with Gasteiger partial charge in [0.25, 0.3) is 0 Å². The fourth-order valence-corrected chi connectivity index (χ4v) is 4.52. The zero-order valence-corrected chi connectivity index (χ0v) is 14.4. The molecule has 0 bridgehead atoms. The molecule has 0 spiro atoms. The highest BCUT2D eigenvalue weighted by Gasteiger charge is 2.44. The van der Waals surface area contributed by atoms with E-state index in [4.69, 9.17) is 4.74 Å². The van der Waals surface area contributed by atoms with Crippen molar-refractivity contribution < 1.29 is 9.53 Å². The van der Waals surface area contributed by atoms with Gasteiger partial charge in [-0.05, 0) is 30.7 Å². The Balaban J connectivity index is 1.27. The number of likely N-dealkylation sites (tertiary alicyclic amines) is 2. The van der Waals surface area contributed by atoms with E-state index < -0.39 is 0 Å². The molecule has 3 saturated heterocycles. The Bertz CT molecular complexity index is 556. The van der Waals surface area contributed by atoms with Crippen LogP contribution in [0.5, 0.6) is 0 Å². The molecule has 3 fully saturated rings. The lowest BCUT2D eigenvalue weighted by molar-refractivity contribution is -0.131. The van der Waals surface area contributed by atoms with Gasteiger partial charge in [-0.15, -0.1) is 0 Å². The summed E-state index contributed by atoms with van der Waals surface area (Å²) >= 11 is 0. The number of rotatable bonds is 5. The van der Waals surface area contributed by atoms with Crippen LogP contribution in [0.15, 0.2) is 30.3 Å². The minimum Gasteiger partial charge on any atom is -0.376 e. The number of hydrogen-bond donors (Lipinski definition) is 0. The van der Waals surface area contributed by atoms with Gasteiger partial charge in [0, 0.05) is 45.1 Å². The summed E-state index contributed by atoms with van der Waals surface area (Å²) in [5, 5.41) is 0. The van der Waals surface area contributed by atoms with E-state index in [-0.39, 0.29) is 0 Å². The fraction of sp³-hybridized carbons (Fsp3) is 0.650. The van der Waals surface area contributed by atoms with Crippen molar-refractivity contribution in [3.63, 3.8) is 0 Å². The summed E-state index contributed by atoms with van der Waals surface area (Å²) in [6.07, 6.45) is 4.47. The number of amides is 1. The van der Waals surface area contributed by atoms with E-state index in [1.165, 1.54) is 18.4 Å². The molecule has 3 aliphatic heterocycles. The summed E-state index contributed by atoms with van der Waals surface area (Å²) in [4.78, 5) is 17.0. The Morgan fingerprint density at radius 1 is 1.12 bits per heavy atom. The Morgan fingerprint density at radius 2 is 1.92 bits per heavy atom. The maximum absolute atomic E-state index is 12.4. The van der Waals surface area contributed by atoms with Crippen molar-refractivity contribution >= 4 is 5.91 Å². The smallest absolute Gasteiger partial charge is 0.222 e. The van der Waals surface area contributed by atoms with Crippen molar-refractivity contribution in [1.29, 1.82) is 0 Å². The third kappa shape index (κ3) is 3.50. The largest absolute Gasteiger partial charge is 0.376 e. The first-order valence-corrected chi connectivity index (χ1v) is 9.45. The topological polar surface area (TPSA) is 32.8 Å². The third-order valence-electron chi connectivity index (χ3n) is 5.97. The number of ether oxygens (including phenoxy) is 1. The van der Waals surface area contributed by atoms with Crippen LogP contribution in [0, 0.1) is 11.8 Å². The van der Waals surface area contributed by atoms with E-state index >= 15 is 0 Å². The standard InChI is InChI=1S/C20H28N2O2/c23-20(22-9-4-5-10-22)12-17-15-24-19-14-21(13-18(17)19)11-8-16-6-2-1-3-7-16/h1-3,6-7,17-19H,4-5,8-15H2/t17-,18+,19+/m0/s1. The second-order valence-electron chi connectivity index (χ2n) is 7.58. The first kappa shape index (κ1) is 16.1. The highest BCUT2D eigenvalue weighted by molar-refractivity contribution is 5.76. The maximum Gasteiger partial charge on any atom is 0.222 e. The van der Waals surface area contributed by atoms with Crippen molar-refractivity contribution in [3.8, 4) is 0 Å². The van der Waals surface area contributed by atoms with Crippen LogP contribution in [0.1, 0.15) is 24.8 Å². The zero-order chi connectivity index (χ0) is 16.4. The van der Waals surface area contributed by atoms with Gasteiger partial charge in [0.15, 0.2) is 0 Å². The molecule has 0 aliphatic carbocycles. The molecule has 3 aliphatic rings. The van der Waals surface area contributed by atoms with Crippen molar-refractivity contribution in [1.82, 2.24) is 9.80 Å². The van der Waals surface area contributed by atoms with Gasteiger partial charge in [0.2, 0.25) is 5.91 Å². The van der Waals surface area contributed by atoms with Crippen LogP contribution < -0.4 is 0 Å². The first-order chi connectivity index (χ1) is 11.8. The number of fused-ring (bicyclic) bond motifs is 1. The van der Waals surface area contributed by atoms with Gasteiger partial charge in [-0.1, -0.05) is 30.3 Å². The summed E-state index contributed by atoms with van der Waals surface area (Å²) in [5.41, 5.74) is 1.40. The number of nitrogens with zero attached hydrogens (tertiary/aromatic N) is 2. The molecule has 1 aromatic carbocycles. The number of carbonyl (C=O) groups is 1. The minimum atomic E-state index is 0.345. The summed E-state index contributed by atoms with van der Waals surface area (Å²) in [7, 11) is 0. The molecular formula is C20H28N2O2. The van der Waals surface area contributed by atoms with Gasteiger partial charge in [-0.25, -0.2) is 0 Å². The van der Waals surface area contributed by atoms with Crippen LogP contribution in [0.2, 0.25) is 0 Å². The molecule has 24 heavy (non-hydrogen) atoms. The summed E-state index contributed by atoms with van der Waals surface area (Å²) < 4.78 is 6.02. The van der Waals surface area contributed by atoms with Crippen LogP contribution >= 0.6 is 0 Å². The highest BCUT2D eigenvalue weighted by atomic mass is 16.5. The quantitative estimate of drug-likeness (QED) is 0.831. The molecule has 0 aromatic heterocycles. The molecule has 1 amide bonds. The van der Waals surface area contributed by atoms with Crippen LogP contribution in [0.4, 0.5) is 0 Å². The summed E-state index contributed by atoms with van der Waals surface area (Å²) in [6.45, 7) is 5.92. The Hall–Kier alpha value is -1.39. The van der Waals surface area contributed by atoms with E-state index in [0.29, 0.717) is 30.3 Å². The Morgan fingerprint density at radius 3 is 2.71 bits per heavy atom. The lowest BCUT2D eigenvalue weighted by atomic mass is 9.90. The second-order valence-corrected chi connectivity index (χ2v) is 7.58. The number of hydrogen-bond acceptors (Lipinski definition) is 3. The molecule has 0 saturated carbocycles. The molecule has 1 aromatic rings. The molecular weight excluding hydrogens is 300 g/mol. The predicted molar refractivity (Wildman–Crippen MR) is 93.7 cm³/mol. The molecule has 4 heteroatoms. The third-order valence-corrected chi connectivity index (χ3v) is 5.97. The Labute approximate surface area is 144 Å². The van der Waals surface area contributed by atoms with E-state index in [9.17, 15) is 4.79 Å². The van der Waals surface area contributed by atoms with Crippen LogP contribution in [-0.4, -0.2) is 61.1 Å². The molecule has 0 unspecified atom stereocenters. The number of benzene rings is 1. The van der Waals surface area contributed by atoms with E-state index in [1.54, 1.807) is 0 Å². The van der Waals surface area contributed by atoms with Gasteiger partial charge in [0.1, 0.15) is 0 Å². The molecule has 0 N–H and O–H groups in total. The van der Waals surface area contributed by atoms with E-state index in [2.05, 4.69) is 40.1 Å². The van der Waals surface area contributed by atoms with Crippen molar-refractivity contribution in [2.45, 2.75) is 31.8 Å². The minimum absolute atomic E-state index is 0.345. The van der Waals surface area contributed by atoms with Gasteiger partial charge in [-0.2, -0.15) is 0 Å². The normalized spacial score (nSPS) is 30.0. The van der Waals surface area contributed by atoms with Crippen molar-refractivity contribution in [2.75, 3.05) is 39.3 Å². The average Bonchev–Trinajstić information content (AvgIpc) is 3.32. The monoisotopic (exact) mass is 328 g/mol. The highest BCUT2D eigenvalue weighted by Crippen LogP contribution is 2.36. The second kappa shape index (κ2) is 7.24. The van der Waals surface area contributed by atoms with Gasteiger partial charge in [0.05, 0.1) is 12.7 Å². The molecule has 3 heterocycles. The summed E-state index contributed by atoms with van der Waals surface area (Å²) in [5.74, 6) is 1.32. The van der Waals surface area contributed by atoms with Crippen LogP contribution in [0.25, 0.3) is 0 Å². The van der Waals surface area contributed by atoms with Crippen molar-refractivity contribution in [3.05, 3.63) is 35.9 Å². The molecule has 130 valence electrons. The Kier molecular flexibility index (Phi) is 4.86. The lowest BCUT2D eigenvalue weighted by Crippen LogP contribution is -2.32. The molecule has 0 radical (unpaired) electrons. The van der Waals surface area contributed by atoms with Gasteiger partial charge in [-0.3, -0.25) is 4.79 Å². The molecule has 4 rings (SSSR count). The molecule has 3 atom stereocenters. The van der Waals surface area contributed by atoms with Crippen LogP contribution in [0.3, 0.4) is 0 Å². The summed E-state index contributed by atoms with van der Waals surface area (Å²) in [6, 6.07) is 10.7. The lowest BCUT2D eigenvalue weighted by Gasteiger charge is -2.22. The maximum atomic E-state index is 12.4. The fourth-order valence-electron chi connectivity index (χ4n) is 4.52. The SMILES string of the molecule is O=C(C[C@H]1CO[C@@H]2CN(CCc3ccccc3)C[C@H]12)N1CCCC1. The van der Waals surface area contributed by atoms with Crippen LogP contribution in [-0.2, 0) is 16.0 Å². The number of carbonyl (C=O) groups excluding carboxylic acids is 1. The first-order valence-electron chi connectivity index (χ1n) is 9.45. The molecule has 4 nitrogen and oxygen atoms in total. The average molecular weight is 328 g/mol.